The van der Waals surface area contributed by atoms with Crippen molar-refractivity contribution in [1.29, 1.82) is 0 Å². The van der Waals surface area contributed by atoms with Gasteiger partial charge in [-0.2, -0.15) is 0 Å². The van der Waals surface area contributed by atoms with Gasteiger partial charge in [0.25, 0.3) is 0 Å². The molecule has 0 amide bonds. The first-order chi connectivity index (χ1) is 13.2. The summed E-state index contributed by atoms with van der Waals surface area (Å²) in [6.07, 6.45) is 27.4. The summed E-state index contributed by atoms with van der Waals surface area (Å²) in [6.45, 7) is 1.60. The summed E-state index contributed by atoms with van der Waals surface area (Å²) in [5, 5.41) is 17.7. The van der Waals surface area contributed by atoms with Crippen molar-refractivity contribution in [2.24, 2.45) is 0 Å². The number of carbonyl (C=O) groups excluding carboxylic acids is 1. The number of aliphatic hydroxyl groups excluding tert-OH is 2. The highest BCUT2D eigenvalue weighted by molar-refractivity contribution is 5.69. The second-order valence-electron chi connectivity index (χ2n) is 6.12. The van der Waals surface area contributed by atoms with Crippen molar-refractivity contribution in [2.75, 3.05) is 13.2 Å². The lowest BCUT2D eigenvalue weighted by Crippen LogP contribution is -2.21. The van der Waals surface area contributed by atoms with Crippen LogP contribution in [-0.4, -0.2) is 35.5 Å². The molecule has 0 unspecified atom stereocenters. The zero-order chi connectivity index (χ0) is 20.0. The highest BCUT2D eigenvalue weighted by Gasteiger charge is 2.06. The average Bonchev–Trinajstić information content (AvgIpc) is 2.68. The van der Waals surface area contributed by atoms with Gasteiger partial charge in [-0.25, -0.2) is 0 Å². The molecule has 27 heavy (non-hydrogen) atoms. The quantitative estimate of drug-likeness (QED) is 0.231. The van der Waals surface area contributed by atoms with Crippen molar-refractivity contribution < 1.29 is 19.7 Å². The van der Waals surface area contributed by atoms with E-state index in [4.69, 9.17) is 14.9 Å². The fourth-order valence-electron chi connectivity index (χ4n) is 2.05. The highest BCUT2D eigenvalue weighted by atomic mass is 16.5. The van der Waals surface area contributed by atoms with Crippen LogP contribution in [0.25, 0.3) is 0 Å². The van der Waals surface area contributed by atoms with E-state index in [1.54, 1.807) is 0 Å². The molecule has 0 aromatic heterocycles. The Bertz CT molecular complexity index is 487. The van der Waals surface area contributed by atoms with Gasteiger partial charge in [-0.3, -0.25) is 4.79 Å². The number of unbranched alkanes of at least 4 members (excludes halogenated alkanes) is 1. The Morgan fingerprint density at radius 1 is 0.852 bits per heavy atom. The molecule has 0 fully saturated rings. The van der Waals surface area contributed by atoms with Gasteiger partial charge >= 0.3 is 5.97 Å². The first-order valence-electron chi connectivity index (χ1n) is 9.90. The van der Waals surface area contributed by atoms with E-state index < -0.39 is 12.7 Å². The Labute approximate surface area is 164 Å². The van der Waals surface area contributed by atoms with Crippen LogP contribution in [0.1, 0.15) is 58.3 Å². The Balaban J connectivity index is 3.53. The van der Waals surface area contributed by atoms with Crippen molar-refractivity contribution in [3.8, 4) is 0 Å². The zero-order valence-corrected chi connectivity index (χ0v) is 16.6. The minimum Gasteiger partial charge on any atom is -0.463 e. The largest absolute Gasteiger partial charge is 0.463 e. The molecule has 152 valence electrons. The zero-order valence-electron chi connectivity index (χ0n) is 16.6. The van der Waals surface area contributed by atoms with E-state index in [1.165, 1.54) is 0 Å². The van der Waals surface area contributed by atoms with Crippen molar-refractivity contribution in [3.63, 3.8) is 0 Å². The van der Waals surface area contributed by atoms with Crippen LogP contribution < -0.4 is 0 Å². The number of esters is 1. The minimum atomic E-state index is -0.986. The Hall–Kier alpha value is -1.91. The van der Waals surface area contributed by atoms with Crippen LogP contribution in [-0.2, 0) is 9.53 Å². The first-order valence-corrected chi connectivity index (χ1v) is 9.90. The van der Waals surface area contributed by atoms with E-state index in [0.29, 0.717) is 6.42 Å². The Morgan fingerprint density at radius 2 is 1.33 bits per heavy atom. The molecule has 2 N–H and O–H groups in total. The number of carbonyl (C=O) groups is 1. The van der Waals surface area contributed by atoms with E-state index in [-0.39, 0.29) is 12.6 Å². The van der Waals surface area contributed by atoms with Gasteiger partial charge in [-0.1, -0.05) is 67.7 Å². The van der Waals surface area contributed by atoms with Crippen LogP contribution >= 0.6 is 0 Å². The lowest BCUT2D eigenvalue weighted by Gasteiger charge is -2.07. The molecular weight excluding hydrogens is 340 g/mol. The number of allylic oxidation sites excluding steroid dienone is 10. The molecule has 4 nitrogen and oxygen atoms in total. The third kappa shape index (κ3) is 20.3. The lowest BCUT2D eigenvalue weighted by molar-refractivity contribution is -0.147. The fraction of sp³-hybridized carbons (Fsp3) is 0.522. The van der Waals surface area contributed by atoms with Gasteiger partial charge in [0.1, 0.15) is 12.7 Å². The van der Waals surface area contributed by atoms with Gasteiger partial charge in [0.2, 0.25) is 0 Å². The number of aliphatic hydroxyl groups is 2. The van der Waals surface area contributed by atoms with E-state index in [2.05, 4.69) is 67.7 Å². The van der Waals surface area contributed by atoms with Crippen LogP contribution in [0.15, 0.2) is 60.8 Å². The third-order valence-electron chi connectivity index (χ3n) is 3.56. The molecular formula is C23H36O4. The molecule has 0 heterocycles. The van der Waals surface area contributed by atoms with Crippen molar-refractivity contribution >= 4 is 5.97 Å². The molecule has 0 saturated carbocycles. The van der Waals surface area contributed by atoms with Gasteiger partial charge in [-0.05, 0) is 44.9 Å². The van der Waals surface area contributed by atoms with Gasteiger partial charge < -0.3 is 14.9 Å². The van der Waals surface area contributed by atoms with Crippen molar-refractivity contribution in [3.05, 3.63) is 60.8 Å². The standard InChI is InChI=1S/C23H36O4/c1-2-3-4-5-6-7-8-9-10-11-12-13-14-15-16-17-18-19-23(26)27-21-22(25)20-24/h3-4,6-7,9-10,12-13,15-16,22,24-25H,2,5,8,11,14,17-21H2,1H3/b4-3+,7-6+,10-9+,13-12+,16-15+/t22-/m0/s1. The van der Waals surface area contributed by atoms with Gasteiger partial charge in [0.15, 0.2) is 0 Å². The van der Waals surface area contributed by atoms with Crippen LogP contribution in [0.2, 0.25) is 0 Å². The summed E-state index contributed by atoms with van der Waals surface area (Å²) in [4.78, 5) is 11.4. The van der Waals surface area contributed by atoms with E-state index in [0.717, 1.165) is 44.9 Å². The second-order valence-corrected chi connectivity index (χ2v) is 6.12. The molecule has 0 aliphatic rings. The molecule has 1 atom stereocenters. The number of ether oxygens (including phenoxy) is 1. The summed E-state index contributed by atoms with van der Waals surface area (Å²) < 4.78 is 4.83. The Morgan fingerprint density at radius 3 is 1.81 bits per heavy atom. The molecule has 0 bridgehead atoms. The van der Waals surface area contributed by atoms with Crippen LogP contribution in [0.3, 0.4) is 0 Å². The fourth-order valence-corrected chi connectivity index (χ4v) is 2.05. The minimum absolute atomic E-state index is 0.142. The average molecular weight is 377 g/mol. The molecule has 0 aliphatic heterocycles. The van der Waals surface area contributed by atoms with Crippen LogP contribution in [0.5, 0.6) is 0 Å². The number of rotatable bonds is 16. The third-order valence-corrected chi connectivity index (χ3v) is 3.56. The maximum atomic E-state index is 11.4. The Kier molecular flexibility index (Phi) is 19.0. The predicted molar refractivity (Wildman–Crippen MR) is 112 cm³/mol. The van der Waals surface area contributed by atoms with Gasteiger partial charge in [0.05, 0.1) is 6.61 Å². The van der Waals surface area contributed by atoms with Gasteiger partial charge in [0, 0.05) is 6.42 Å². The summed E-state index contributed by atoms with van der Waals surface area (Å²) in [6, 6.07) is 0. The summed E-state index contributed by atoms with van der Waals surface area (Å²) in [5.74, 6) is -0.338. The summed E-state index contributed by atoms with van der Waals surface area (Å²) >= 11 is 0. The maximum Gasteiger partial charge on any atom is 0.305 e. The van der Waals surface area contributed by atoms with Crippen LogP contribution in [0.4, 0.5) is 0 Å². The molecule has 0 saturated heterocycles. The lowest BCUT2D eigenvalue weighted by atomic mass is 10.2. The van der Waals surface area contributed by atoms with E-state index >= 15 is 0 Å². The topological polar surface area (TPSA) is 66.8 Å². The highest BCUT2D eigenvalue weighted by Crippen LogP contribution is 2.01. The molecule has 0 aromatic carbocycles. The molecule has 0 aromatic rings. The maximum absolute atomic E-state index is 11.4. The van der Waals surface area contributed by atoms with Crippen LogP contribution in [0, 0.1) is 0 Å². The molecule has 0 spiro atoms. The second kappa shape index (κ2) is 20.4. The first kappa shape index (κ1) is 25.1. The SMILES string of the molecule is CC/C=C/C/C=C/C/C=C/C/C=C/C/C=C/CCCC(=O)OC[C@@H](O)CO. The smallest absolute Gasteiger partial charge is 0.305 e. The monoisotopic (exact) mass is 376 g/mol. The molecule has 0 aliphatic carbocycles. The van der Waals surface area contributed by atoms with E-state index in [9.17, 15) is 4.79 Å². The number of hydrogen-bond acceptors (Lipinski definition) is 4. The van der Waals surface area contributed by atoms with Crippen molar-refractivity contribution in [2.45, 2.75) is 64.4 Å². The predicted octanol–water partition coefficient (Wildman–Crippen LogP) is 4.80. The summed E-state index contributed by atoms with van der Waals surface area (Å²) in [7, 11) is 0. The summed E-state index contributed by atoms with van der Waals surface area (Å²) in [5.41, 5.74) is 0. The normalized spacial score (nSPS) is 13.7. The molecule has 0 rings (SSSR count). The van der Waals surface area contributed by atoms with Crippen molar-refractivity contribution in [1.82, 2.24) is 0 Å². The van der Waals surface area contributed by atoms with E-state index in [1.807, 2.05) is 0 Å². The molecule has 0 radical (unpaired) electrons. The number of hydrogen-bond donors (Lipinski definition) is 2. The molecule has 4 heteroatoms. The van der Waals surface area contributed by atoms with Gasteiger partial charge in [-0.15, -0.1) is 0 Å².